The largest absolute Gasteiger partial charge is 0.411 e. The lowest BCUT2D eigenvalue weighted by Gasteiger charge is -2.13. The van der Waals surface area contributed by atoms with E-state index in [-0.39, 0.29) is 0 Å². The summed E-state index contributed by atoms with van der Waals surface area (Å²) < 4.78 is 78.4. The van der Waals surface area contributed by atoms with E-state index >= 15 is 0 Å². The fraction of sp³-hybridized carbons (Fsp3) is 0.400. The lowest BCUT2D eigenvalue weighted by Crippen LogP contribution is -2.19. The van der Waals surface area contributed by atoms with Crippen LogP contribution < -0.4 is 0 Å². The molecule has 0 saturated heterocycles. The van der Waals surface area contributed by atoms with E-state index in [1.807, 2.05) is 0 Å². The zero-order chi connectivity index (χ0) is 13.9. The molecule has 0 aliphatic rings. The number of alkyl halides is 4. The van der Waals surface area contributed by atoms with Crippen molar-refractivity contribution in [1.29, 1.82) is 0 Å². The highest BCUT2D eigenvalue weighted by atomic mass is 35.5. The minimum absolute atomic E-state index is 0.386. The molecule has 8 heteroatoms. The zero-order valence-corrected chi connectivity index (χ0v) is 9.46. The molecule has 0 amide bonds. The van der Waals surface area contributed by atoms with Crippen molar-refractivity contribution in [2.24, 2.45) is 0 Å². The molecule has 0 N–H and O–H groups in total. The first kappa shape index (κ1) is 15.1. The van der Waals surface area contributed by atoms with Gasteiger partial charge >= 0.3 is 6.18 Å². The maximum absolute atomic E-state index is 13.2. The summed E-state index contributed by atoms with van der Waals surface area (Å²) in [7, 11) is 0. The molecule has 0 aromatic heterocycles. The molecule has 1 aromatic rings. The van der Waals surface area contributed by atoms with E-state index < -0.39 is 47.8 Å². The van der Waals surface area contributed by atoms with Crippen molar-refractivity contribution in [3.63, 3.8) is 0 Å². The van der Waals surface area contributed by atoms with Gasteiger partial charge in [0, 0.05) is 17.7 Å². The Hall–Kier alpha value is -0.950. The van der Waals surface area contributed by atoms with E-state index in [2.05, 4.69) is 4.74 Å². The van der Waals surface area contributed by atoms with Gasteiger partial charge in [0.05, 0.1) is 12.0 Å². The maximum atomic E-state index is 13.2. The fourth-order valence-electron chi connectivity index (χ4n) is 1.21. The molecule has 0 saturated carbocycles. The van der Waals surface area contributed by atoms with Crippen LogP contribution in [-0.4, -0.2) is 19.4 Å². The smallest absolute Gasteiger partial charge is 0.370 e. The molecular formula is C10H7ClF6O. The number of halogens is 7. The van der Waals surface area contributed by atoms with Gasteiger partial charge in [0.15, 0.2) is 0 Å². The van der Waals surface area contributed by atoms with Crippen LogP contribution in [0.1, 0.15) is 10.9 Å². The fourth-order valence-corrected chi connectivity index (χ4v) is 1.51. The lowest BCUT2D eigenvalue weighted by molar-refractivity contribution is -0.173. The Bertz CT molecular complexity index is 396. The second-order valence-corrected chi connectivity index (χ2v) is 3.91. The van der Waals surface area contributed by atoms with Gasteiger partial charge in [-0.1, -0.05) is 0 Å². The Morgan fingerprint density at radius 2 is 1.61 bits per heavy atom. The zero-order valence-electron chi connectivity index (χ0n) is 8.70. The van der Waals surface area contributed by atoms with Crippen molar-refractivity contribution in [3.05, 3.63) is 35.1 Å². The molecule has 0 radical (unpaired) electrons. The second-order valence-electron chi connectivity index (χ2n) is 3.38. The van der Waals surface area contributed by atoms with Crippen molar-refractivity contribution < 1.29 is 31.1 Å². The van der Waals surface area contributed by atoms with Crippen LogP contribution in [0.2, 0.25) is 0 Å². The quantitative estimate of drug-likeness (QED) is 0.603. The summed E-state index contributed by atoms with van der Waals surface area (Å²) in [5.74, 6) is -3.69. The topological polar surface area (TPSA) is 9.23 Å². The predicted octanol–water partition coefficient (Wildman–Crippen LogP) is 3.96. The lowest BCUT2D eigenvalue weighted by atomic mass is 10.1. The van der Waals surface area contributed by atoms with Crippen molar-refractivity contribution in [3.8, 4) is 0 Å². The molecular weight excluding hydrogens is 286 g/mol. The van der Waals surface area contributed by atoms with Gasteiger partial charge in [0.25, 0.3) is 0 Å². The molecule has 0 aliphatic carbocycles. The van der Waals surface area contributed by atoms with Gasteiger partial charge in [-0.2, -0.15) is 13.2 Å². The highest BCUT2D eigenvalue weighted by Gasteiger charge is 2.28. The predicted molar refractivity (Wildman–Crippen MR) is 51.8 cm³/mol. The van der Waals surface area contributed by atoms with Gasteiger partial charge in [-0.3, -0.25) is 0 Å². The summed E-state index contributed by atoms with van der Waals surface area (Å²) in [4.78, 5) is 0. The van der Waals surface area contributed by atoms with Crippen LogP contribution in [0.15, 0.2) is 12.1 Å². The summed E-state index contributed by atoms with van der Waals surface area (Å²) in [6.45, 7) is -2.33. The van der Waals surface area contributed by atoms with E-state index in [0.717, 1.165) is 0 Å². The van der Waals surface area contributed by atoms with E-state index in [1.165, 1.54) is 0 Å². The van der Waals surface area contributed by atoms with Crippen LogP contribution in [0.4, 0.5) is 26.3 Å². The second kappa shape index (κ2) is 5.79. The Kier molecular flexibility index (Phi) is 4.86. The minimum Gasteiger partial charge on any atom is -0.370 e. The minimum atomic E-state index is -4.56. The van der Waals surface area contributed by atoms with Crippen molar-refractivity contribution in [1.82, 2.24) is 0 Å². The Morgan fingerprint density at radius 1 is 1.11 bits per heavy atom. The van der Waals surface area contributed by atoms with Gasteiger partial charge in [0.2, 0.25) is 0 Å². The first-order valence-electron chi connectivity index (χ1n) is 4.63. The van der Waals surface area contributed by atoms with Crippen LogP contribution in [0.3, 0.4) is 0 Å². The van der Waals surface area contributed by atoms with E-state index in [1.54, 1.807) is 0 Å². The molecule has 18 heavy (non-hydrogen) atoms. The third kappa shape index (κ3) is 4.38. The molecule has 1 unspecified atom stereocenters. The molecule has 1 aromatic carbocycles. The van der Waals surface area contributed by atoms with Gasteiger partial charge in [-0.05, 0) is 0 Å². The SMILES string of the molecule is Fc1cc(F)c(C(Cl)COCC(F)(F)F)c(F)c1. The highest BCUT2D eigenvalue weighted by Crippen LogP contribution is 2.28. The third-order valence-electron chi connectivity index (χ3n) is 1.89. The Balaban J connectivity index is 2.70. The van der Waals surface area contributed by atoms with Gasteiger partial charge < -0.3 is 4.74 Å². The molecule has 0 spiro atoms. The third-order valence-corrected chi connectivity index (χ3v) is 2.23. The normalized spacial score (nSPS) is 13.7. The Morgan fingerprint density at radius 3 is 2.06 bits per heavy atom. The van der Waals surface area contributed by atoms with Crippen molar-refractivity contribution >= 4 is 11.6 Å². The van der Waals surface area contributed by atoms with Crippen molar-refractivity contribution in [2.75, 3.05) is 13.2 Å². The number of hydrogen-bond donors (Lipinski definition) is 0. The van der Waals surface area contributed by atoms with Crippen LogP contribution in [-0.2, 0) is 4.74 Å². The van der Waals surface area contributed by atoms with Crippen LogP contribution in [0.5, 0.6) is 0 Å². The van der Waals surface area contributed by atoms with Crippen LogP contribution in [0.25, 0.3) is 0 Å². The number of rotatable bonds is 4. The average Bonchev–Trinajstić information content (AvgIpc) is 2.13. The first-order valence-corrected chi connectivity index (χ1v) is 5.07. The average molecular weight is 293 g/mol. The van der Waals surface area contributed by atoms with Gasteiger partial charge in [-0.25, -0.2) is 13.2 Å². The molecule has 1 rings (SSSR count). The van der Waals surface area contributed by atoms with Gasteiger partial charge in [0.1, 0.15) is 24.1 Å². The monoisotopic (exact) mass is 292 g/mol. The molecule has 1 atom stereocenters. The standard InChI is InChI=1S/C10H7ClF6O/c11-6(3-18-4-10(15,16)17)9-7(13)1-5(12)2-8(9)14/h1-2,6H,3-4H2. The molecule has 0 heterocycles. The number of ether oxygens (including phenoxy) is 1. The van der Waals surface area contributed by atoms with Gasteiger partial charge in [-0.15, -0.1) is 11.6 Å². The molecule has 0 fully saturated rings. The number of benzene rings is 1. The molecule has 102 valence electrons. The molecule has 1 nitrogen and oxygen atoms in total. The van der Waals surface area contributed by atoms with E-state index in [0.29, 0.717) is 12.1 Å². The molecule has 0 aliphatic heterocycles. The number of hydrogen-bond acceptors (Lipinski definition) is 1. The maximum Gasteiger partial charge on any atom is 0.411 e. The summed E-state index contributed by atoms with van der Waals surface area (Å²) in [5, 5.41) is -1.48. The molecule has 0 bridgehead atoms. The first-order chi connectivity index (χ1) is 8.20. The van der Waals surface area contributed by atoms with Crippen LogP contribution in [0, 0.1) is 17.5 Å². The Labute approximate surface area is 103 Å². The summed E-state index contributed by atoms with van der Waals surface area (Å²) in [6.07, 6.45) is -4.56. The summed E-state index contributed by atoms with van der Waals surface area (Å²) in [5.41, 5.74) is -0.722. The highest BCUT2D eigenvalue weighted by molar-refractivity contribution is 6.21. The van der Waals surface area contributed by atoms with E-state index in [4.69, 9.17) is 11.6 Å². The van der Waals surface area contributed by atoms with Crippen LogP contribution >= 0.6 is 11.6 Å². The van der Waals surface area contributed by atoms with Crippen molar-refractivity contribution in [2.45, 2.75) is 11.6 Å². The van der Waals surface area contributed by atoms with E-state index in [9.17, 15) is 26.3 Å². The summed E-state index contributed by atoms with van der Waals surface area (Å²) in [6, 6.07) is 0.773. The summed E-state index contributed by atoms with van der Waals surface area (Å²) >= 11 is 5.50.